The van der Waals surface area contributed by atoms with Crippen LogP contribution in [0.3, 0.4) is 0 Å². The maximum Gasteiger partial charge on any atom is 0.288 e. The molecule has 1 saturated carbocycles. The van der Waals surface area contributed by atoms with Crippen molar-refractivity contribution in [3.8, 4) is 0 Å². The zero-order chi connectivity index (χ0) is 15.3. The van der Waals surface area contributed by atoms with Gasteiger partial charge in [0.1, 0.15) is 11.3 Å². The number of carbonyl (C=O) groups excluding carboxylic acids is 1. The molecule has 2 rings (SSSR count). The summed E-state index contributed by atoms with van der Waals surface area (Å²) in [6.45, 7) is 8.24. The smallest absolute Gasteiger partial charge is 0.288 e. The molecule has 0 radical (unpaired) electrons. The number of aromatic nitrogens is 1. The number of rotatable bonds is 3. The topological polar surface area (TPSA) is 85.1 Å². The second-order valence-electron chi connectivity index (χ2n) is 6.14. The van der Waals surface area contributed by atoms with Crippen molar-refractivity contribution in [2.24, 2.45) is 10.8 Å². The Morgan fingerprint density at radius 3 is 2.40 bits per heavy atom. The second kappa shape index (κ2) is 4.41. The SMILES string of the molecule is CC1(C)C(NC(=O)c2cc([N+](=O)[O-])cnc2Cl)C1(C)C. The number of nitro groups is 1. The maximum atomic E-state index is 12.2. The third-order valence-electron chi connectivity index (χ3n) is 4.58. The van der Waals surface area contributed by atoms with Crippen molar-refractivity contribution in [2.45, 2.75) is 33.7 Å². The van der Waals surface area contributed by atoms with Crippen LogP contribution in [0.4, 0.5) is 5.69 Å². The van der Waals surface area contributed by atoms with Gasteiger partial charge in [-0.05, 0) is 10.8 Å². The largest absolute Gasteiger partial charge is 0.348 e. The number of hydrogen-bond donors (Lipinski definition) is 1. The molecule has 1 aliphatic carbocycles. The van der Waals surface area contributed by atoms with E-state index in [9.17, 15) is 14.9 Å². The molecular weight excluding hydrogens is 282 g/mol. The van der Waals surface area contributed by atoms with Gasteiger partial charge in [0.25, 0.3) is 11.6 Å². The Hall–Kier alpha value is -1.69. The summed E-state index contributed by atoms with van der Waals surface area (Å²) in [7, 11) is 0. The van der Waals surface area contributed by atoms with E-state index in [0.717, 1.165) is 12.3 Å². The van der Waals surface area contributed by atoms with Crippen LogP contribution in [0.5, 0.6) is 0 Å². The molecule has 1 N–H and O–H groups in total. The number of amides is 1. The third kappa shape index (κ3) is 2.14. The van der Waals surface area contributed by atoms with E-state index in [0.29, 0.717) is 0 Å². The first kappa shape index (κ1) is 14.7. The van der Waals surface area contributed by atoms with E-state index in [2.05, 4.69) is 38.0 Å². The Kier molecular flexibility index (Phi) is 3.25. The lowest BCUT2D eigenvalue weighted by Crippen LogP contribution is -2.30. The molecule has 0 saturated heterocycles. The van der Waals surface area contributed by atoms with E-state index in [1.807, 2.05) is 0 Å². The summed E-state index contributed by atoms with van der Waals surface area (Å²) >= 11 is 5.85. The zero-order valence-corrected chi connectivity index (χ0v) is 12.5. The van der Waals surface area contributed by atoms with Gasteiger partial charge in [-0.2, -0.15) is 0 Å². The molecular formula is C13H16ClN3O3. The Labute approximate surface area is 121 Å². The summed E-state index contributed by atoms with van der Waals surface area (Å²) in [4.78, 5) is 26.0. The van der Waals surface area contributed by atoms with E-state index in [4.69, 9.17) is 11.6 Å². The molecule has 0 bridgehead atoms. The van der Waals surface area contributed by atoms with Gasteiger partial charge in [-0.25, -0.2) is 4.98 Å². The Balaban J connectivity index is 2.23. The minimum Gasteiger partial charge on any atom is -0.348 e. The summed E-state index contributed by atoms with van der Waals surface area (Å²) in [5, 5.41) is 13.6. The summed E-state index contributed by atoms with van der Waals surface area (Å²) in [5.74, 6) is -0.435. The lowest BCUT2D eigenvalue weighted by atomic mass is 10.0. The molecule has 1 aromatic heterocycles. The van der Waals surface area contributed by atoms with Gasteiger partial charge < -0.3 is 5.32 Å². The van der Waals surface area contributed by atoms with Crippen LogP contribution in [0.1, 0.15) is 38.1 Å². The van der Waals surface area contributed by atoms with Crippen molar-refractivity contribution >= 4 is 23.2 Å². The molecule has 6 nitrogen and oxygen atoms in total. The first-order valence-corrected chi connectivity index (χ1v) is 6.57. The van der Waals surface area contributed by atoms with Crippen LogP contribution < -0.4 is 5.32 Å². The highest BCUT2D eigenvalue weighted by Gasteiger charge is 2.65. The van der Waals surface area contributed by atoms with Crippen LogP contribution in [0.15, 0.2) is 12.3 Å². The van der Waals surface area contributed by atoms with Crippen LogP contribution >= 0.6 is 11.6 Å². The molecule has 1 fully saturated rings. The molecule has 1 aliphatic rings. The summed E-state index contributed by atoms with van der Waals surface area (Å²) in [6, 6.07) is 1.14. The minimum absolute atomic E-state index is 0.00201. The molecule has 7 heteroatoms. The highest BCUT2D eigenvalue weighted by atomic mass is 35.5. The average Bonchev–Trinajstić information content (AvgIpc) is 2.71. The third-order valence-corrected chi connectivity index (χ3v) is 4.88. The molecule has 1 aromatic rings. The first-order chi connectivity index (χ1) is 9.09. The van der Waals surface area contributed by atoms with Crippen molar-refractivity contribution < 1.29 is 9.72 Å². The Bertz CT molecular complexity index is 585. The fraction of sp³-hybridized carbons (Fsp3) is 0.538. The van der Waals surface area contributed by atoms with Gasteiger partial charge in [0.15, 0.2) is 0 Å². The maximum absolute atomic E-state index is 12.2. The molecule has 108 valence electrons. The zero-order valence-electron chi connectivity index (χ0n) is 11.7. The first-order valence-electron chi connectivity index (χ1n) is 6.20. The van der Waals surface area contributed by atoms with Gasteiger partial charge >= 0.3 is 0 Å². The molecule has 20 heavy (non-hydrogen) atoms. The second-order valence-corrected chi connectivity index (χ2v) is 6.50. The lowest BCUT2D eigenvalue weighted by Gasteiger charge is -2.07. The van der Waals surface area contributed by atoms with E-state index in [1.54, 1.807) is 0 Å². The van der Waals surface area contributed by atoms with Gasteiger partial charge in [0, 0.05) is 12.1 Å². The standard InChI is InChI=1S/C13H16ClN3O3/c1-12(2)11(13(12,3)4)16-10(18)8-5-7(17(19)20)6-15-9(8)14/h5-6,11H,1-4H3,(H,16,18). The highest BCUT2D eigenvalue weighted by Crippen LogP contribution is 2.62. The predicted molar refractivity (Wildman–Crippen MR) is 74.7 cm³/mol. The fourth-order valence-corrected chi connectivity index (χ4v) is 2.65. The summed E-state index contributed by atoms with van der Waals surface area (Å²) < 4.78 is 0. The van der Waals surface area contributed by atoms with Crippen LogP contribution in [-0.2, 0) is 0 Å². The Morgan fingerprint density at radius 2 is 1.95 bits per heavy atom. The average molecular weight is 298 g/mol. The van der Waals surface area contributed by atoms with Crippen LogP contribution in [0.25, 0.3) is 0 Å². The summed E-state index contributed by atoms with van der Waals surface area (Å²) in [6.07, 6.45) is 1.03. The number of carbonyl (C=O) groups is 1. The van der Waals surface area contributed by atoms with Gasteiger partial charge in [-0.15, -0.1) is 0 Å². The quantitative estimate of drug-likeness (QED) is 0.528. The Morgan fingerprint density at radius 1 is 1.40 bits per heavy atom. The van der Waals surface area contributed by atoms with E-state index < -0.39 is 10.8 Å². The monoisotopic (exact) mass is 297 g/mol. The van der Waals surface area contributed by atoms with Crippen LogP contribution in [0, 0.1) is 20.9 Å². The van der Waals surface area contributed by atoms with Gasteiger partial charge in [-0.3, -0.25) is 14.9 Å². The number of nitrogens with one attached hydrogen (secondary N) is 1. The number of pyridine rings is 1. The highest BCUT2D eigenvalue weighted by molar-refractivity contribution is 6.32. The van der Waals surface area contributed by atoms with Crippen LogP contribution in [0.2, 0.25) is 5.15 Å². The van der Waals surface area contributed by atoms with Crippen molar-refractivity contribution in [3.05, 3.63) is 33.1 Å². The van der Waals surface area contributed by atoms with Crippen molar-refractivity contribution in [3.63, 3.8) is 0 Å². The van der Waals surface area contributed by atoms with Gasteiger partial charge in [-0.1, -0.05) is 39.3 Å². The van der Waals surface area contributed by atoms with Gasteiger partial charge in [0.2, 0.25) is 0 Å². The van der Waals surface area contributed by atoms with E-state index in [-0.39, 0.29) is 33.3 Å². The lowest BCUT2D eigenvalue weighted by molar-refractivity contribution is -0.385. The predicted octanol–water partition coefficient (Wildman–Crippen LogP) is 2.81. The molecule has 0 unspecified atom stereocenters. The molecule has 0 aromatic carbocycles. The molecule has 0 atom stereocenters. The van der Waals surface area contributed by atoms with Crippen LogP contribution in [-0.4, -0.2) is 21.9 Å². The van der Waals surface area contributed by atoms with Crippen molar-refractivity contribution in [2.75, 3.05) is 0 Å². The fourth-order valence-electron chi connectivity index (χ4n) is 2.46. The van der Waals surface area contributed by atoms with Crippen molar-refractivity contribution in [1.29, 1.82) is 0 Å². The van der Waals surface area contributed by atoms with Crippen molar-refractivity contribution in [1.82, 2.24) is 10.3 Å². The van der Waals surface area contributed by atoms with E-state index in [1.165, 1.54) is 0 Å². The molecule has 1 amide bonds. The molecule has 1 heterocycles. The normalized spacial score (nSPS) is 19.4. The number of halogens is 1. The van der Waals surface area contributed by atoms with E-state index >= 15 is 0 Å². The number of hydrogen-bond acceptors (Lipinski definition) is 4. The molecule has 0 spiro atoms. The summed E-state index contributed by atoms with van der Waals surface area (Å²) in [5.41, 5.74) is -0.278. The number of nitrogens with zero attached hydrogens (tertiary/aromatic N) is 2. The molecule has 0 aliphatic heterocycles. The minimum atomic E-state index is -0.606. The van der Waals surface area contributed by atoms with Gasteiger partial charge in [0.05, 0.1) is 10.5 Å².